The van der Waals surface area contributed by atoms with Crippen molar-refractivity contribution >= 4 is 39.2 Å². The van der Waals surface area contributed by atoms with Crippen molar-refractivity contribution in [1.29, 1.82) is 0 Å². The summed E-state index contributed by atoms with van der Waals surface area (Å²) in [6.45, 7) is 21.8. The van der Waals surface area contributed by atoms with Gasteiger partial charge >= 0.3 is 334 Å². The van der Waals surface area contributed by atoms with Crippen LogP contribution in [0.4, 0.5) is 22.7 Å². The number of imide groups is 1. The summed E-state index contributed by atoms with van der Waals surface area (Å²) in [5.41, 5.74) is 9.36. The summed E-state index contributed by atoms with van der Waals surface area (Å²) in [6, 6.07) is 24.5. The maximum atomic E-state index is 14.0. The van der Waals surface area contributed by atoms with E-state index in [-0.39, 0.29) is 40.8 Å². The van der Waals surface area contributed by atoms with Crippen LogP contribution >= 0.6 is 0 Å². The summed E-state index contributed by atoms with van der Waals surface area (Å²) in [4.78, 5) is 45.1. The minimum Gasteiger partial charge on any atom is -1.00 e. The number of amides is 2. The molecule has 2 heterocycles. The number of nitro benzene ring substituents is 1. The summed E-state index contributed by atoms with van der Waals surface area (Å²) in [5, 5.41) is 11.3. The van der Waals surface area contributed by atoms with Crippen LogP contribution in [0.25, 0.3) is 0 Å². The van der Waals surface area contributed by atoms with E-state index in [2.05, 4.69) is 106 Å². The van der Waals surface area contributed by atoms with Crippen LogP contribution in [0.15, 0.2) is 78.9 Å². The summed E-state index contributed by atoms with van der Waals surface area (Å²) in [6.07, 6.45) is -0.473. The Morgan fingerprint density at radius 3 is 1.65 bits per heavy atom. The normalized spacial score (nSPS) is 15.7. The number of ether oxygens (including phenoxy) is 1. The number of anilines is 3. The zero-order chi connectivity index (χ0) is 39.7. The second-order valence-corrected chi connectivity index (χ2v) is 17.6. The molecule has 1 fully saturated rings. The maximum absolute atomic E-state index is 14.0. The summed E-state index contributed by atoms with van der Waals surface area (Å²) < 4.78 is 8.80. The molecule has 9 nitrogen and oxygen atoms in total. The van der Waals surface area contributed by atoms with Crippen molar-refractivity contribution in [2.75, 3.05) is 27.8 Å². The number of hydrogen-bond acceptors (Lipinski definition) is 7. The van der Waals surface area contributed by atoms with Gasteiger partial charge in [-0.1, -0.05) is 0 Å². The van der Waals surface area contributed by atoms with Gasteiger partial charge in [-0.3, -0.25) is 0 Å². The van der Waals surface area contributed by atoms with E-state index in [0.717, 1.165) is 18.7 Å². The molecule has 4 aromatic rings. The smallest absolute Gasteiger partial charge is 1.00 e. The number of carbonyl (C=O) groups excluding carboxylic acids is 2. The predicted molar refractivity (Wildman–Crippen MR) is 219 cm³/mol. The SMILES string of the molecule is CCC1Oc2c(/[CH]=[Ru+2]/[CH]3N(c4c(C(C)C)cccc4C(C)C)CCN3c3c(C(C)C)cccc3C(C)C)cccc2N(C(=O)c2ccc([N+](=O)[O-])cc2)C1=O.[Cl-].[Cl-]. The van der Waals surface area contributed by atoms with Crippen molar-refractivity contribution in [3.63, 3.8) is 0 Å². The average Bonchev–Trinajstić information content (AvgIpc) is 3.58. The van der Waals surface area contributed by atoms with Crippen molar-refractivity contribution in [3.8, 4) is 5.75 Å². The fraction of sp³-hybridized carbons (Fsp3) is 0.400. The molecule has 0 bridgehead atoms. The van der Waals surface area contributed by atoms with Crippen LogP contribution in [0, 0.1) is 10.1 Å². The molecule has 2 aliphatic rings. The monoisotopic (exact) mass is 901 g/mol. The molecule has 0 aromatic heterocycles. The molecule has 6 rings (SSSR count). The second kappa shape index (κ2) is 19.1. The Labute approximate surface area is 357 Å². The molecule has 12 heteroatoms. The van der Waals surface area contributed by atoms with E-state index in [4.69, 9.17) is 4.74 Å². The Morgan fingerprint density at radius 2 is 1.23 bits per heavy atom. The molecule has 0 spiro atoms. The van der Waals surface area contributed by atoms with Gasteiger partial charge in [-0.05, 0) is 0 Å². The maximum Gasteiger partial charge on any atom is -1.00 e. The van der Waals surface area contributed by atoms with E-state index in [1.165, 1.54) is 62.8 Å². The molecule has 1 unspecified atom stereocenters. The van der Waals surface area contributed by atoms with E-state index >= 15 is 0 Å². The molecule has 57 heavy (non-hydrogen) atoms. The number of rotatable bonds is 11. The predicted octanol–water partition coefficient (Wildman–Crippen LogP) is 3.98. The number of hydrogen-bond donors (Lipinski definition) is 0. The van der Waals surface area contributed by atoms with Gasteiger partial charge in [-0.15, -0.1) is 0 Å². The number of non-ortho nitro benzene ring substituents is 1. The van der Waals surface area contributed by atoms with Crippen molar-refractivity contribution in [1.82, 2.24) is 0 Å². The van der Waals surface area contributed by atoms with Crippen LogP contribution in [-0.4, -0.2) is 45.3 Å². The van der Waals surface area contributed by atoms with Crippen molar-refractivity contribution in [2.24, 2.45) is 0 Å². The van der Waals surface area contributed by atoms with Crippen LogP contribution in [0.3, 0.4) is 0 Å². The first-order valence-electron chi connectivity index (χ1n) is 19.4. The van der Waals surface area contributed by atoms with Crippen molar-refractivity contribution in [2.45, 2.75) is 103 Å². The Kier molecular flexibility index (Phi) is 15.3. The Bertz CT molecular complexity index is 2000. The first-order valence-corrected chi connectivity index (χ1v) is 21.4. The van der Waals surface area contributed by atoms with Crippen LogP contribution in [0.2, 0.25) is 0 Å². The van der Waals surface area contributed by atoms with Gasteiger partial charge in [0.25, 0.3) is 0 Å². The van der Waals surface area contributed by atoms with E-state index in [1.807, 2.05) is 19.1 Å². The minimum absolute atomic E-state index is 0. The fourth-order valence-corrected chi connectivity index (χ4v) is 10.1. The molecule has 2 aliphatic heterocycles. The first-order chi connectivity index (χ1) is 26.2. The first kappa shape index (κ1) is 45.6. The summed E-state index contributed by atoms with van der Waals surface area (Å²) in [5.74, 6) is 0.882. The second-order valence-electron chi connectivity index (χ2n) is 15.6. The third-order valence-electron chi connectivity index (χ3n) is 10.5. The molecule has 1 atom stereocenters. The van der Waals surface area contributed by atoms with Gasteiger partial charge in [-0.2, -0.15) is 0 Å². The van der Waals surface area contributed by atoms with Crippen LogP contribution in [-0.2, 0) is 21.5 Å². The summed E-state index contributed by atoms with van der Waals surface area (Å²) >= 11 is -0.502. The molecule has 305 valence electrons. The van der Waals surface area contributed by atoms with Crippen LogP contribution in [0.5, 0.6) is 5.75 Å². The average molecular weight is 902 g/mol. The number of fused-ring (bicyclic) bond motifs is 1. The zero-order valence-corrected chi connectivity index (χ0v) is 37.4. The van der Waals surface area contributed by atoms with E-state index in [9.17, 15) is 19.7 Å². The number of nitrogens with zero attached hydrogens (tertiary/aromatic N) is 4. The molecule has 0 saturated carbocycles. The zero-order valence-electron chi connectivity index (χ0n) is 34.1. The molecule has 0 N–H and O–H groups in total. The number of para-hydroxylation sites is 3. The standard InChI is InChI=1S/C27H39N2.C18H14N2O5.2ClH.Ru/c1-18(2)22-11-9-12-23(19(3)4)26(22)28-15-16-29(17-28)27-24(20(5)6)13-10-14-25(27)21(7)8;1-3-15-18(22)19(14-6-4-5-11(2)16(14)25-15)17(21)12-7-9-13(10-8-12)20(23)24;;;/h9-14,17-21H,15-16H2,1-8H3;2,4-10,15H,3H2,1H3;2*1H;/q;;;;+2/p-2. The third kappa shape index (κ3) is 8.99. The van der Waals surface area contributed by atoms with E-state index in [0.29, 0.717) is 41.5 Å². The van der Waals surface area contributed by atoms with Crippen LogP contribution in [0.1, 0.15) is 131 Å². The third-order valence-corrected chi connectivity index (χ3v) is 13.0. The largest absolute Gasteiger partial charge is 1.00 e. The minimum atomic E-state index is -0.850. The molecule has 1 saturated heterocycles. The van der Waals surface area contributed by atoms with Gasteiger partial charge in [0.05, 0.1) is 0 Å². The van der Waals surface area contributed by atoms with Crippen LogP contribution < -0.4 is 44.3 Å². The van der Waals surface area contributed by atoms with Crippen molar-refractivity contribution < 1.29 is 60.7 Å². The topological polar surface area (TPSA) is 96.2 Å². The molecule has 0 aliphatic carbocycles. The van der Waals surface area contributed by atoms with Crippen molar-refractivity contribution in [3.05, 3.63) is 122 Å². The Balaban J connectivity index is 0.00000360. The number of carbonyl (C=O) groups is 2. The Morgan fingerprint density at radius 1 is 0.772 bits per heavy atom. The number of nitro groups is 1. The van der Waals surface area contributed by atoms with Gasteiger partial charge in [0.15, 0.2) is 0 Å². The van der Waals surface area contributed by atoms with Gasteiger partial charge < -0.3 is 24.8 Å². The van der Waals surface area contributed by atoms with Gasteiger partial charge in [-0.25, -0.2) is 0 Å². The van der Waals surface area contributed by atoms with Gasteiger partial charge in [0.2, 0.25) is 0 Å². The number of benzene rings is 4. The van der Waals surface area contributed by atoms with E-state index in [1.54, 1.807) is 6.07 Å². The molecular formula is C45H53Cl2N4O5Ru. The molecular weight excluding hydrogens is 848 g/mol. The fourth-order valence-electron chi connectivity index (χ4n) is 7.66. The van der Waals surface area contributed by atoms with Gasteiger partial charge in [0.1, 0.15) is 0 Å². The molecule has 4 aromatic carbocycles. The molecule has 0 radical (unpaired) electrons. The van der Waals surface area contributed by atoms with E-state index < -0.39 is 39.5 Å². The number of halogens is 2. The summed E-state index contributed by atoms with van der Waals surface area (Å²) in [7, 11) is 0. The van der Waals surface area contributed by atoms with Gasteiger partial charge in [0, 0.05) is 0 Å². The Hall–Kier alpha value is -4.11. The molecule has 2 amide bonds. The quantitative estimate of drug-likeness (QED) is 0.0974.